The lowest BCUT2D eigenvalue weighted by Gasteiger charge is -2.16. The Balaban J connectivity index is 1.83. The van der Waals surface area contributed by atoms with Gasteiger partial charge in [0.2, 0.25) is 0 Å². The van der Waals surface area contributed by atoms with Crippen molar-refractivity contribution in [2.75, 3.05) is 0 Å². The highest BCUT2D eigenvalue weighted by Gasteiger charge is 2.18. The van der Waals surface area contributed by atoms with E-state index in [1.807, 2.05) is 24.3 Å². The number of aromatic amines is 1. The maximum atomic E-state index is 12.4. The van der Waals surface area contributed by atoms with Crippen LogP contribution in [0.1, 0.15) is 48.9 Å². The molecule has 1 saturated carbocycles. The van der Waals surface area contributed by atoms with Gasteiger partial charge in [-0.15, -0.1) is 0 Å². The van der Waals surface area contributed by atoms with Crippen molar-refractivity contribution in [2.45, 2.75) is 44.6 Å². The number of benzene rings is 1. The molecule has 4 heteroatoms. The number of amides is 1. The minimum atomic E-state index is -0.320. The van der Waals surface area contributed by atoms with Crippen LogP contribution in [0.25, 0.3) is 10.9 Å². The van der Waals surface area contributed by atoms with Gasteiger partial charge in [-0.25, -0.2) is 0 Å². The van der Waals surface area contributed by atoms with Gasteiger partial charge in [0, 0.05) is 11.6 Å². The molecule has 1 amide bonds. The average Bonchev–Trinajstić information content (AvgIpc) is 2.75. The zero-order chi connectivity index (χ0) is 14.7. The Morgan fingerprint density at radius 3 is 2.57 bits per heavy atom. The number of nitrogens with one attached hydrogen (secondary N) is 2. The van der Waals surface area contributed by atoms with Gasteiger partial charge in [-0.3, -0.25) is 9.59 Å². The lowest BCUT2D eigenvalue weighted by molar-refractivity contribution is 0.0932. The second kappa shape index (κ2) is 6.12. The number of para-hydroxylation sites is 1. The Morgan fingerprint density at radius 2 is 1.81 bits per heavy atom. The molecule has 1 aliphatic carbocycles. The van der Waals surface area contributed by atoms with E-state index in [1.165, 1.54) is 12.8 Å². The lowest BCUT2D eigenvalue weighted by atomic mass is 10.1. The van der Waals surface area contributed by atoms with E-state index in [9.17, 15) is 9.59 Å². The number of hydrogen-bond acceptors (Lipinski definition) is 2. The number of carbonyl (C=O) groups is 1. The largest absolute Gasteiger partial charge is 0.349 e. The molecule has 0 aliphatic heterocycles. The first kappa shape index (κ1) is 13.9. The molecule has 1 aromatic carbocycles. The molecule has 1 fully saturated rings. The molecule has 3 rings (SSSR count). The van der Waals surface area contributed by atoms with Gasteiger partial charge in [0.25, 0.3) is 11.5 Å². The van der Waals surface area contributed by atoms with E-state index in [2.05, 4.69) is 10.3 Å². The molecule has 1 heterocycles. The van der Waals surface area contributed by atoms with Crippen LogP contribution in [0.15, 0.2) is 35.1 Å². The number of pyridine rings is 1. The summed E-state index contributed by atoms with van der Waals surface area (Å²) in [5.41, 5.74) is 0.645. The number of hydrogen-bond donors (Lipinski definition) is 2. The summed E-state index contributed by atoms with van der Waals surface area (Å²) in [5.74, 6) is -0.256. The fraction of sp³-hybridized carbons (Fsp3) is 0.412. The molecule has 4 nitrogen and oxygen atoms in total. The van der Waals surface area contributed by atoms with Crippen LogP contribution < -0.4 is 10.9 Å². The van der Waals surface area contributed by atoms with E-state index >= 15 is 0 Å². The molecule has 2 N–H and O–H groups in total. The minimum Gasteiger partial charge on any atom is -0.349 e. The summed E-state index contributed by atoms with van der Waals surface area (Å²) in [6.45, 7) is 0. The normalized spacial score (nSPS) is 16.6. The highest BCUT2D eigenvalue weighted by Crippen LogP contribution is 2.17. The lowest BCUT2D eigenvalue weighted by Crippen LogP contribution is -2.37. The summed E-state index contributed by atoms with van der Waals surface area (Å²) in [6, 6.07) is 9.38. The quantitative estimate of drug-likeness (QED) is 0.833. The number of H-pyrrole nitrogens is 1. The number of aromatic nitrogens is 1. The first-order chi connectivity index (χ1) is 10.2. The van der Waals surface area contributed by atoms with E-state index in [-0.39, 0.29) is 23.1 Å². The van der Waals surface area contributed by atoms with E-state index in [0.29, 0.717) is 0 Å². The van der Waals surface area contributed by atoms with Crippen molar-refractivity contribution in [1.82, 2.24) is 10.3 Å². The van der Waals surface area contributed by atoms with Crippen LogP contribution in [0.5, 0.6) is 0 Å². The molecular formula is C17H20N2O2. The molecule has 0 unspecified atom stereocenters. The van der Waals surface area contributed by atoms with Crippen molar-refractivity contribution in [3.05, 3.63) is 46.2 Å². The van der Waals surface area contributed by atoms with Gasteiger partial charge in [0.1, 0.15) is 5.56 Å². The third kappa shape index (κ3) is 3.15. The third-order valence-corrected chi connectivity index (χ3v) is 4.19. The fourth-order valence-corrected chi connectivity index (χ4v) is 3.00. The van der Waals surface area contributed by atoms with Crippen LogP contribution in [0.2, 0.25) is 0 Å². The second-order valence-corrected chi connectivity index (χ2v) is 5.76. The van der Waals surface area contributed by atoms with Crippen LogP contribution in [0, 0.1) is 0 Å². The molecule has 0 radical (unpaired) electrons. The SMILES string of the molecule is O=C(NC1CCCCCC1)c1cc2ccccc2[nH]c1=O. The van der Waals surface area contributed by atoms with Crippen molar-refractivity contribution in [2.24, 2.45) is 0 Å². The Morgan fingerprint density at radius 1 is 1.10 bits per heavy atom. The minimum absolute atomic E-state index is 0.200. The van der Waals surface area contributed by atoms with Crippen LogP contribution >= 0.6 is 0 Å². The van der Waals surface area contributed by atoms with E-state index in [4.69, 9.17) is 0 Å². The predicted molar refractivity (Wildman–Crippen MR) is 83.5 cm³/mol. The molecule has 0 bridgehead atoms. The summed E-state index contributed by atoms with van der Waals surface area (Å²) in [4.78, 5) is 27.2. The molecule has 0 saturated heterocycles. The number of fused-ring (bicyclic) bond motifs is 1. The summed E-state index contributed by atoms with van der Waals surface area (Å²) in [5, 5.41) is 3.90. The van der Waals surface area contributed by atoms with Crippen molar-refractivity contribution < 1.29 is 4.79 Å². The molecule has 0 atom stereocenters. The fourth-order valence-electron chi connectivity index (χ4n) is 3.00. The van der Waals surface area contributed by atoms with Gasteiger partial charge >= 0.3 is 0 Å². The van der Waals surface area contributed by atoms with Crippen LogP contribution in [-0.4, -0.2) is 16.9 Å². The highest BCUT2D eigenvalue weighted by molar-refractivity contribution is 5.97. The number of carbonyl (C=O) groups excluding carboxylic acids is 1. The molecule has 1 aliphatic rings. The molecule has 110 valence electrons. The molecule has 0 spiro atoms. The zero-order valence-corrected chi connectivity index (χ0v) is 12.0. The Hall–Kier alpha value is -2.10. The number of rotatable bonds is 2. The smallest absolute Gasteiger partial charge is 0.261 e. The van der Waals surface area contributed by atoms with Crippen molar-refractivity contribution in [3.63, 3.8) is 0 Å². The van der Waals surface area contributed by atoms with Crippen molar-refractivity contribution >= 4 is 16.8 Å². The molecular weight excluding hydrogens is 264 g/mol. The Labute approximate surface area is 123 Å². The topological polar surface area (TPSA) is 62.0 Å². The maximum absolute atomic E-state index is 12.4. The average molecular weight is 284 g/mol. The van der Waals surface area contributed by atoms with Crippen LogP contribution in [-0.2, 0) is 0 Å². The third-order valence-electron chi connectivity index (χ3n) is 4.19. The van der Waals surface area contributed by atoms with Gasteiger partial charge in [-0.2, -0.15) is 0 Å². The van der Waals surface area contributed by atoms with Gasteiger partial charge in [0.15, 0.2) is 0 Å². The summed E-state index contributed by atoms with van der Waals surface area (Å²) in [6.07, 6.45) is 6.80. The molecule has 21 heavy (non-hydrogen) atoms. The monoisotopic (exact) mass is 284 g/mol. The predicted octanol–water partition coefficient (Wildman–Crippen LogP) is 2.98. The first-order valence-electron chi connectivity index (χ1n) is 7.67. The summed E-state index contributed by atoms with van der Waals surface area (Å²) >= 11 is 0. The van der Waals surface area contributed by atoms with Crippen molar-refractivity contribution in [1.29, 1.82) is 0 Å². The van der Waals surface area contributed by atoms with Crippen LogP contribution in [0.3, 0.4) is 0 Å². The van der Waals surface area contributed by atoms with Gasteiger partial charge in [-0.1, -0.05) is 43.9 Å². The highest BCUT2D eigenvalue weighted by atomic mass is 16.2. The maximum Gasteiger partial charge on any atom is 0.261 e. The Bertz CT molecular complexity index is 697. The van der Waals surface area contributed by atoms with Crippen LogP contribution in [0.4, 0.5) is 0 Å². The molecule has 1 aromatic heterocycles. The second-order valence-electron chi connectivity index (χ2n) is 5.76. The first-order valence-corrected chi connectivity index (χ1v) is 7.67. The van der Waals surface area contributed by atoms with Gasteiger partial charge in [-0.05, 0) is 30.4 Å². The standard InChI is InChI=1S/C17H20N2O2/c20-16(18-13-8-3-1-2-4-9-13)14-11-12-7-5-6-10-15(12)19-17(14)21/h5-7,10-11,13H,1-4,8-9H2,(H,18,20)(H,19,21). The van der Waals surface area contributed by atoms with E-state index < -0.39 is 0 Å². The Kier molecular flexibility index (Phi) is 4.04. The molecule has 2 aromatic rings. The van der Waals surface area contributed by atoms with E-state index in [0.717, 1.165) is 36.6 Å². The summed E-state index contributed by atoms with van der Waals surface area (Å²) in [7, 11) is 0. The summed E-state index contributed by atoms with van der Waals surface area (Å²) < 4.78 is 0. The van der Waals surface area contributed by atoms with Crippen molar-refractivity contribution in [3.8, 4) is 0 Å². The van der Waals surface area contributed by atoms with Gasteiger partial charge in [0.05, 0.1) is 0 Å². The van der Waals surface area contributed by atoms with Gasteiger partial charge < -0.3 is 10.3 Å². The zero-order valence-electron chi connectivity index (χ0n) is 12.0. The van der Waals surface area contributed by atoms with E-state index in [1.54, 1.807) is 6.07 Å².